The first-order chi connectivity index (χ1) is 6.68. The summed E-state index contributed by atoms with van der Waals surface area (Å²) in [5, 5.41) is 0. The molecule has 72 valence electrons. The van der Waals surface area contributed by atoms with Gasteiger partial charge >= 0.3 is 0 Å². The number of amides is 1. The average Bonchev–Trinajstić information content (AvgIpc) is 2.73. The number of hydrogen-bond acceptors (Lipinski definition) is 3. The molecule has 0 spiro atoms. The summed E-state index contributed by atoms with van der Waals surface area (Å²) in [6.45, 7) is 1.80. The highest BCUT2D eigenvalue weighted by Gasteiger charge is 2.23. The number of imidazole rings is 1. The molecule has 1 aliphatic rings. The van der Waals surface area contributed by atoms with E-state index in [2.05, 4.69) is 15.0 Å². The number of amidine groups is 1. The number of carbonyl (C=O) groups excluding carboxylic acids is 1. The van der Waals surface area contributed by atoms with Crippen molar-refractivity contribution >= 4 is 17.8 Å². The molecule has 0 aromatic carbocycles. The van der Waals surface area contributed by atoms with Crippen molar-refractivity contribution in [3.05, 3.63) is 23.9 Å². The van der Waals surface area contributed by atoms with Crippen LogP contribution >= 0.6 is 0 Å². The SMILES string of the molecule is CC1=N/C(=C/c2cnc[nH]2)C(=O)N1C. The Hall–Kier alpha value is -1.91. The molecule has 0 aliphatic carbocycles. The van der Waals surface area contributed by atoms with Crippen molar-refractivity contribution in [3.8, 4) is 0 Å². The zero-order chi connectivity index (χ0) is 10.1. The van der Waals surface area contributed by atoms with E-state index < -0.39 is 0 Å². The van der Waals surface area contributed by atoms with E-state index in [0.717, 1.165) is 5.69 Å². The van der Waals surface area contributed by atoms with Crippen molar-refractivity contribution in [1.82, 2.24) is 14.9 Å². The lowest BCUT2D eigenvalue weighted by molar-refractivity contribution is -0.121. The lowest BCUT2D eigenvalue weighted by atomic mass is 10.3. The second kappa shape index (κ2) is 3.10. The molecule has 0 atom stereocenters. The van der Waals surface area contributed by atoms with Gasteiger partial charge in [0, 0.05) is 7.05 Å². The fraction of sp³-hybridized carbons (Fsp3) is 0.222. The number of aliphatic imine (C=N–C) groups is 1. The van der Waals surface area contributed by atoms with Crippen LogP contribution in [-0.4, -0.2) is 33.7 Å². The molecule has 0 saturated carbocycles. The topological polar surface area (TPSA) is 61.4 Å². The van der Waals surface area contributed by atoms with Crippen LogP contribution in [0.3, 0.4) is 0 Å². The third kappa shape index (κ3) is 1.32. The van der Waals surface area contributed by atoms with Crippen molar-refractivity contribution in [2.24, 2.45) is 4.99 Å². The summed E-state index contributed by atoms with van der Waals surface area (Å²) in [6.07, 6.45) is 4.89. The van der Waals surface area contributed by atoms with Gasteiger partial charge in [0.05, 0.1) is 18.2 Å². The van der Waals surface area contributed by atoms with Gasteiger partial charge in [-0.15, -0.1) is 0 Å². The van der Waals surface area contributed by atoms with Crippen LogP contribution in [0.4, 0.5) is 0 Å². The predicted octanol–water partition coefficient (Wildman–Crippen LogP) is 0.641. The maximum atomic E-state index is 11.6. The molecule has 1 aromatic heterocycles. The number of likely N-dealkylation sites (N-methyl/N-ethyl adjacent to an activating group) is 1. The summed E-state index contributed by atoms with van der Waals surface area (Å²) in [6, 6.07) is 0. The van der Waals surface area contributed by atoms with E-state index in [1.807, 2.05) is 0 Å². The molecule has 0 radical (unpaired) electrons. The van der Waals surface area contributed by atoms with Crippen molar-refractivity contribution in [2.45, 2.75) is 6.92 Å². The monoisotopic (exact) mass is 190 g/mol. The Morgan fingerprint density at radius 1 is 1.57 bits per heavy atom. The summed E-state index contributed by atoms with van der Waals surface area (Å²) >= 11 is 0. The molecule has 0 bridgehead atoms. The molecule has 0 fully saturated rings. The number of aromatic amines is 1. The predicted molar refractivity (Wildman–Crippen MR) is 52.4 cm³/mol. The number of hydrogen-bond donors (Lipinski definition) is 1. The maximum Gasteiger partial charge on any atom is 0.277 e. The van der Waals surface area contributed by atoms with Gasteiger partial charge in [-0.05, 0) is 13.0 Å². The molecule has 14 heavy (non-hydrogen) atoms. The summed E-state index contributed by atoms with van der Waals surface area (Å²) in [5.41, 5.74) is 1.22. The van der Waals surface area contributed by atoms with E-state index >= 15 is 0 Å². The molecule has 0 unspecified atom stereocenters. The lowest BCUT2D eigenvalue weighted by Gasteiger charge is -2.05. The first-order valence-corrected chi connectivity index (χ1v) is 4.22. The normalized spacial score (nSPS) is 19.3. The van der Waals surface area contributed by atoms with Crippen LogP contribution in [0.15, 0.2) is 23.2 Å². The zero-order valence-electron chi connectivity index (χ0n) is 7.98. The maximum absolute atomic E-state index is 11.6. The highest BCUT2D eigenvalue weighted by Crippen LogP contribution is 2.15. The van der Waals surface area contributed by atoms with E-state index in [4.69, 9.17) is 0 Å². The minimum Gasteiger partial charge on any atom is -0.345 e. The summed E-state index contributed by atoms with van der Waals surface area (Å²) in [7, 11) is 1.70. The van der Waals surface area contributed by atoms with Crippen LogP contribution in [0.5, 0.6) is 0 Å². The Morgan fingerprint density at radius 2 is 2.36 bits per heavy atom. The minimum atomic E-state index is -0.0860. The van der Waals surface area contributed by atoms with E-state index in [-0.39, 0.29) is 5.91 Å². The molecule has 0 saturated heterocycles. The van der Waals surface area contributed by atoms with E-state index in [0.29, 0.717) is 11.5 Å². The Balaban J connectivity index is 2.34. The van der Waals surface area contributed by atoms with Crippen molar-refractivity contribution < 1.29 is 4.79 Å². The van der Waals surface area contributed by atoms with Gasteiger partial charge in [-0.3, -0.25) is 9.69 Å². The molecule has 2 heterocycles. The molecule has 1 aromatic rings. The Bertz CT molecular complexity index is 416. The third-order valence-corrected chi connectivity index (χ3v) is 2.10. The van der Waals surface area contributed by atoms with E-state index in [1.165, 1.54) is 4.90 Å². The smallest absolute Gasteiger partial charge is 0.277 e. The van der Waals surface area contributed by atoms with Crippen LogP contribution in [0.2, 0.25) is 0 Å². The van der Waals surface area contributed by atoms with Gasteiger partial charge in [0.15, 0.2) is 0 Å². The second-order valence-electron chi connectivity index (χ2n) is 3.06. The van der Waals surface area contributed by atoms with Gasteiger partial charge in [-0.1, -0.05) is 0 Å². The summed E-state index contributed by atoms with van der Waals surface area (Å²) in [4.78, 5) is 23.9. The molecule has 1 N–H and O–H groups in total. The fourth-order valence-corrected chi connectivity index (χ4v) is 1.20. The Kier molecular flexibility index (Phi) is 1.92. The van der Waals surface area contributed by atoms with Crippen LogP contribution < -0.4 is 0 Å². The molecular formula is C9H10N4O. The zero-order valence-corrected chi connectivity index (χ0v) is 7.98. The summed E-state index contributed by atoms with van der Waals surface area (Å²) < 4.78 is 0. The van der Waals surface area contributed by atoms with Gasteiger partial charge in [-0.25, -0.2) is 9.98 Å². The number of nitrogens with one attached hydrogen (secondary N) is 1. The first kappa shape index (κ1) is 8.68. The van der Waals surface area contributed by atoms with Gasteiger partial charge in [0.2, 0.25) is 0 Å². The number of aromatic nitrogens is 2. The minimum absolute atomic E-state index is 0.0860. The van der Waals surface area contributed by atoms with Gasteiger partial charge in [0.1, 0.15) is 11.5 Å². The number of carbonyl (C=O) groups is 1. The lowest BCUT2D eigenvalue weighted by Crippen LogP contribution is -2.25. The van der Waals surface area contributed by atoms with E-state index in [1.54, 1.807) is 32.6 Å². The Morgan fingerprint density at radius 3 is 2.86 bits per heavy atom. The molecule has 1 aliphatic heterocycles. The molecule has 2 rings (SSSR count). The van der Waals surface area contributed by atoms with Crippen LogP contribution in [0.1, 0.15) is 12.6 Å². The van der Waals surface area contributed by atoms with Gasteiger partial charge in [-0.2, -0.15) is 0 Å². The van der Waals surface area contributed by atoms with Gasteiger partial charge in [0.25, 0.3) is 5.91 Å². The summed E-state index contributed by atoms with van der Waals surface area (Å²) in [5.74, 6) is 0.623. The second-order valence-corrected chi connectivity index (χ2v) is 3.06. The highest BCUT2D eigenvalue weighted by molar-refractivity contribution is 6.13. The molecule has 5 nitrogen and oxygen atoms in total. The standard InChI is InChI=1S/C9H10N4O/c1-6-12-8(9(14)13(6)2)3-7-4-10-5-11-7/h3-5H,1-2H3,(H,10,11)/b8-3+. The van der Waals surface area contributed by atoms with E-state index in [9.17, 15) is 4.79 Å². The van der Waals surface area contributed by atoms with Crippen LogP contribution in [-0.2, 0) is 4.79 Å². The Labute approximate surface area is 81.2 Å². The molecule has 1 amide bonds. The highest BCUT2D eigenvalue weighted by atomic mass is 16.2. The first-order valence-electron chi connectivity index (χ1n) is 4.22. The van der Waals surface area contributed by atoms with Crippen molar-refractivity contribution in [2.75, 3.05) is 7.05 Å². The van der Waals surface area contributed by atoms with Crippen LogP contribution in [0.25, 0.3) is 6.08 Å². The van der Waals surface area contributed by atoms with Gasteiger partial charge < -0.3 is 4.98 Å². The number of nitrogens with zero attached hydrogens (tertiary/aromatic N) is 3. The average molecular weight is 190 g/mol. The molecule has 5 heteroatoms. The van der Waals surface area contributed by atoms with Crippen LogP contribution in [0, 0.1) is 0 Å². The molecular weight excluding hydrogens is 180 g/mol. The largest absolute Gasteiger partial charge is 0.345 e. The number of rotatable bonds is 1. The number of H-pyrrole nitrogens is 1. The third-order valence-electron chi connectivity index (χ3n) is 2.10. The fourth-order valence-electron chi connectivity index (χ4n) is 1.20. The quantitative estimate of drug-likeness (QED) is 0.660. The van der Waals surface area contributed by atoms with Crippen molar-refractivity contribution in [3.63, 3.8) is 0 Å². The van der Waals surface area contributed by atoms with Crippen molar-refractivity contribution in [1.29, 1.82) is 0 Å².